The van der Waals surface area contributed by atoms with Gasteiger partial charge in [0.2, 0.25) is 11.8 Å². The highest BCUT2D eigenvalue weighted by molar-refractivity contribution is 5.86. The molecule has 2 amide bonds. The third kappa shape index (κ3) is 5.03. The van der Waals surface area contributed by atoms with Crippen LogP contribution in [0.2, 0.25) is 0 Å². The topological polar surface area (TPSA) is 89.5 Å². The van der Waals surface area contributed by atoms with Gasteiger partial charge in [-0.25, -0.2) is 0 Å². The summed E-state index contributed by atoms with van der Waals surface area (Å²) in [6, 6.07) is 0.123. The van der Waals surface area contributed by atoms with Crippen molar-refractivity contribution < 1.29 is 23.8 Å². The van der Waals surface area contributed by atoms with Crippen molar-refractivity contribution in [3.05, 3.63) is 11.8 Å². The van der Waals surface area contributed by atoms with E-state index < -0.39 is 0 Å². The van der Waals surface area contributed by atoms with Gasteiger partial charge in [0, 0.05) is 51.1 Å². The van der Waals surface area contributed by atoms with Crippen LogP contribution in [0.5, 0.6) is 0 Å². The van der Waals surface area contributed by atoms with Crippen molar-refractivity contribution in [2.45, 2.75) is 88.2 Å². The third-order valence-corrected chi connectivity index (χ3v) is 8.05. The largest absolute Gasteiger partial charge is 0.379 e. The average Bonchev–Trinajstić information content (AvgIpc) is 3.46. The number of rotatable bonds is 7. The number of allylic oxidation sites excluding steroid dienone is 1. The molecule has 8 heteroatoms. The molecule has 1 N–H and O–H groups in total. The monoisotopic (exact) mass is 459 g/mol. The van der Waals surface area contributed by atoms with Crippen molar-refractivity contribution in [3.63, 3.8) is 0 Å². The zero-order chi connectivity index (χ0) is 22.8. The molecular formula is C25H37N3O5. The van der Waals surface area contributed by atoms with Crippen molar-refractivity contribution in [2.24, 2.45) is 16.8 Å². The van der Waals surface area contributed by atoms with Gasteiger partial charge >= 0.3 is 0 Å². The highest BCUT2D eigenvalue weighted by Crippen LogP contribution is 2.36. The number of carbonyl (C=O) groups is 2. The Morgan fingerprint density at radius 3 is 3.06 bits per heavy atom. The van der Waals surface area contributed by atoms with E-state index in [0.29, 0.717) is 44.3 Å². The smallest absolute Gasteiger partial charge is 0.228 e. The molecule has 2 saturated heterocycles. The summed E-state index contributed by atoms with van der Waals surface area (Å²) in [4.78, 5) is 32.3. The molecule has 3 heterocycles. The van der Waals surface area contributed by atoms with Crippen molar-refractivity contribution in [1.29, 1.82) is 0 Å². The van der Waals surface area contributed by atoms with Gasteiger partial charge in [-0.1, -0.05) is 6.08 Å². The summed E-state index contributed by atoms with van der Waals surface area (Å²) in [7, 11) is 1.69. The van der Waals surface area contributed by atoms with E-state index in [-0.39, 0.29) is 42.0 Å². The van der Waals surface area contributed by atoms with Crippen LogP contribution in [0.25, 0.3) is 0 Å². The van der Waals surface area contributed by atoms with Gasteiger partial charge in [-0.05, 0) is 51.4 Å². The quantitative estimate of drug-likeness (QED) is 0.590. The highest BCUT2D eigenvalue weighted by Gasteiger charge is 2.45. The number of methoxy groups -OCH3 is 1. The minimum atomic E-state index is -0.118. The van der Waals surface area contributed by atoms with E-state index in [1.807, 2.05) is 11.1 Å². The van der Waals surface area contributed by atoms with Crippen molar-refractivity contribution in [1.82, 2.24) is 10.2 Å². The molecule has 0 spiro atoms. The molecular weight excluding hydrogens is 422 g/mol. The molecule has 3 aliphatic heterocycles. The van der Waals surface area contributed by atoms with Gasteiger partial charge in [-0.3, -0.25) is 14.6 Å². The number of nitrogens with one attached hydrogen (secondary N) is 1. The number of nitrogens with zero attached hydrogens (tertiary/aromatic N) is 2. The van der Waals surface area contributed by atoms with Gasteiger partial charge < -0.3 is 24.4 Å². The van der Waals surface area contributed by atoms with Crippen LogP contribution < -0.4 is 5.32 Å². The fourth-order valence-electron chi connectivity index (χ4n) is 6.22. The third-order valence-electron chi connectivity index (χ3n) is 8.05. The van der Waals surface area contributed by atoms with Gasteiger partial charge in [0.15, 0.2) is 0 Å². The Balaban J connectivity index is 1.08. The molecule has 0 aromatic heterocycles. The molecule has 7 atom stereocenters. The maximum atomic E-state index is 13.1. The van der Waals surface area contributed by atoms with E-state index in [2.05, 4.69) is 11.4 Å². The lowest BCUT2D eigenvalue weighted by Gasteiger charge is -2.38. The molecule has 5 aliphatic rings. The fourth-order valence-corrected chi connectivity index (χ4v) is 6.22. The zero-order valence-electron chi connectivity index (χ0n) is 19.6. The van der Waals surface area contributed by atoms with Crippen LogP contribution in [0, 0.1) is 11.8 Å². The maximum Gasteiger partial charge on any atom is 0.228 e. The highest BCUT2D eigenvalue weighted by atomic mass is 16.5. The molecule has 5 rings (SSSR count). The molecule has 0 radical (unpaired) electrons. The summed E-state index contributed by atoms with van der Waals surface area (Å²) in [5.74, 6) is 0.611. The minimum absolute atomic E-state index is 0.0376. The summed E-state index contributed by atoms with van der Waals surface area (Å²) in [6.07, 6.45) is 11.7. The van der Waals surface area contributed by atoms with E-state index in [0.717, 1.165) is 51.0 Å². The number of hydrogen-bond donors (Lipinski definition) is 1. The SMILES string of the molecule is COC1CC2C(=O)N3CCC[C@H]3C=NC2CC1OCCCC(=O)NC1=CC2CCOC2CC1. The van der Waals surface area contributed by atoms with Crippen LogP contribution in [-0.4, -0.2) is 80.2 Å². The predicted molar refractivity (Wildman–Crippen MR) is 123 cm³/mol. The van der Waals surface area contributed by atoms with E-state index in [4.69, 9.17) is 19.2 Å². The molecule has 6 unspecified atom stereocenters. The normalized spacial score (nSPS) is 37.7. The first-order valence-electron chi connectivity index (χ1n) is 12.7. The first kappa shape index (κ1) is 23.0. The Bertz CT molecular complexity index is 799. The van der Waals surface area contributed by atoms with Crippen LogP contribution in [0.4, 0.5) is 0 Å². The standard InChI is InChI=1S/C25H37N3O5/c1-31-22-13-19-20(26-15-18-4-2-9-28(18)25(19)30)14-23(22)32-10-3-5-24(29)27-17-6-7-21-16(12-17)8-11-33-21/h12,15-16,18-23H,2-11,13-14H2,1H3,(H,27,29)/t16?,18-,19?,20?,21?,22?,23?/m0/s1. The lowest BCUT2D eigenvalue weighted by atomic mass is 9.80. The Labute approximate surface area is 196 Å². The maximum absolute atomic E-state index is 13.1. The lowest BCUT2D eigenvalue weighted by Crippen LogP contribution is -2.49. The second-order valence-corrected chi connectivity index (χ2v) is 10.1. The Morgan fingerprint density at radius 2 is 2.18 bits per heavy atom. The van der Waals surface area contributed by atoms with E-state index in [1.165, 1.54) is 0 Å². The Morgan fingerprint density at radius 1 is 1.27 bits per heavy atom. The second kappa shape index (κ2) is 10.2. The summed E-state index contributed by atoms with van der Waals surface area (Å²) in [6.45, 7) is 2.16. The van der Waals surface area contributed by atoms with Crippen LogP contribution in [0.3, 0.4) is 0 Å². The van der Waals surface area contributed by atoms with E-state index in [1.54, 1.807) is 7.11 Å². The van der Waals surface area contributed by atoms with Gasteiger partial charge in [0.25, 0.3) is 0 Å². The molecule has 182 valence electrons. The van der Waals surface area contributed by atoms with Crippen LogP contribution >= 0.6 is 0 Å². The number of carbonyl (C=O) groups excluding carboxylic acids is 2. The first-order valence-corrected chi connectivity index (χ1v) is 12.7. The second-order valence-electron chi connectivity index (χ2n) is 10.1. The summed E-state index contributed by atoms with van der Waals surface area (Å²) in [5.41, 5.74) is 1.04. The van der Waals surface area contributed by atoms with Gasteiger partial charge in [0.1, 0.15) is 0 Å². The van der Waals surface area contributed by atoms with E-state index in [9.17, 15) is 9.59 Å². The van der Waals surface area contributed by atoms with Crippen LogP contribution in [0.1, 0.15) is 57.8 Å². The summed E-state index contributed by atoms with van der Waals surface area (Å²) >= 11 is 0. The van der Waals surface area contributed by atoms with Crippen molar-refractivity contribution >= 4 is 18.0 Å². The lowest BCUT2D eigenvalue weighted by molar-refractivity contribution is -0.144. The van der Waals surface area contributed by atoms with Crippen molar-refractivity contribution in [3.8, 4) is 0 Å². The molecule has 0 aromatic rings. The fraction of sp³-hybridized carbons (Fsp3) is 0.800. The predicted octanol–water partition coefficient (Wildman–Crippen LogP) is 2.22. The molecule has 33 heavy (non-hydrogen) atoms. The van der Waals surface area contributed by atoms with Crippen molar-refractivity contribution in [2.75, 3.05) is 26.9 Å². The van der Waals surface area contributed by atoms with Crippen LogP contribution in [0.15, 0.2) is 16.8 Å². The number of hydrogen-bond acceptors (Lipinski definition) is 6. The molecule has 1 saturated carbocycles. The first-order chi connectivity index (χ1) is 16.1. The van der Waals surface area contributed by atoms with Gasteiger partial charge in [-0.15, -0.1) is 0 Å². The van der Waals surface area contributed by atoms with Gasteiger partial charge in [0.05, 0.1) is 36.3 Å². The average molecular weight is 460 g/mol. The molecule has 8 nitrogen and oxygen atoms in total. The molecule has 0 bridgehead atoms. The number of fused-ring (bicyclic) bond motifs is 3. The zero-order valence-corrected chi connectivity index (χ0v) is 19.6. The Hall–Kier alpha value is -1.77. The Kier molecular flexibility index (Phi) is 7.13. The number of ether oxygens (including phenoxy) is 3. The minimum Gasteiger partial charge on any atom is -0.379 e. The van der Waals surface area contributed by atoms with Crippen LogP contribution in [-0.2, 0) is 23.8 Å². The number of amides is 2. The number of aliphatic imine (C=N–C) groups is 1. The van der Waals surface area contributed by atoms with E-state index >= 15 is 0 Å². The molecule has 0 aromatic carbocycles. The molecule has 2 aliphatic carbocycles. The molecule has 3 fully saturated rings. The summed E-state index contributed by atoms with van der Waals surface area (Å²) in [5, 5.41) is 3.08. The summed E-state index contributed by atoms with van der Waals surface area (Å²) < 4.78 is 17.6. The van der Waals surface area contributed by atoms with Gasteiger partial charge in [-0.2, -0.15) is 0 Å².